The molecule has 0 atom stereocenters. The minimum Gasteiger partial charge on any atom is -0.543 e. The maximum atomic E-state index is 10.5. The summed E-state index contributed by atoms with van der Waals surface area (Å²) in [4.78, 5) is 14.6. The molecule has 76 valence electrons. The molecule has 0 radical (unpaired) electrons. The van der Waals surface area contributed by atoms with E-state index < -0.39 is 5.97 Å². The van der Waals surface area contributed by atoms with Crippen LogP contribution in [-0.4, -0.2) is 24.0 Å². The summed E-state index contributed by atoms with van der Waals surface area (Å²) in [5.41, 5.74) is 0.0829. The number of hydrogen-bond donors (Lipinski definition) is 1. The van der Waals surface area contributed by atoms with Crippen LogP contribution in [0.25, 0.3) is 0 Å². The van der Waals surface area contributed by atoms with Crippen molar-refractivity contribution in [3.63, 3.8) is 0 Å². The molecular formula is C9H12N2O2S. The van der Waals surface area contributed by atoms with Crippen LogP contribution in [0.5, 0.6) is 0 Å². The molecule has 1 aliphatic rings. The van der Waals surface area contributed by atoms with Gasteiger partial charge in [-0.2, -0.15) is 0 Å². The van der Waals surface area contributed by atoms with Crippen molar-refractivity contribution in [3.8, 4) is 0 Å². The number of carboxylic acid groups (broad SMARTS) is 1. The highest BCUT2D eigenvalue weighted by atomic mass is 32.1. The fourth-order valence-corrected chi connectivity index (χ4v) is 2.70. The molecule has 0 bridgehead atoms. The Kier molecular flexibility index (Phi) is 2.79. The van der Waals surface area contributed by atoms with Gasteiger partial charge in [0.25, 0.3) is 0 Å². The molecule has 0 amide bonds. The van der Waals surface area contributed by atoms with Crippen molar-refractivity contribution in [3.05, 3.63) is 16.1 Å². The van der Waals surface area contributed by atoms with Crippen LogP contribution < -0.4 is 10.4 Å². The molecule has 5 heteroatoms. The van der Waals surface area contributed by atoms with E-state index in [1.165, 1.54) is 11.3 Å². The van der Waals surface area contributed by atoms with E-state index in [1.807, 2.05) is 0 Å². The van der Waals surface area contributed by atoms with Crippen molar-refractivity contribution in [1.29, 1.82) is 0 Å². The number of hydrogen-bond acceptors (Lipinski definition) is 4. The van der Waals surface area contributed by atoms with E-state index in [1.54, 1.807) is 5.38 Å². The van der Waals surface area contributed by atoms with Crippen LogP contribution in [0.4, 0.5) is 0 Å². The van der Waals surface area contributed by atoms with Gasteiger partial charge < -0.3 is 15.2 Å². The molecule has 0 aromatic carbocycles. The van der Waals surface area contributed by atoms with Crippen LogP contribution >= 0.6 is 11.3 Å². The summed E-state index contributed by atoms with van der Waals surface area (Å²) in [7, 11) is 0. The summed E-state index contributed by atoms with van der Waals surface area (Å²) < 4.78 is 0. The molecule has 0 aliphatic carbocycles. The highest BCUT2D eigenvalue weighted by molar-refractivity contribution is 7.09. The second kappa shape index (κ2) is 4.06. The Hall–Kier alpha value is -0.940. The molecular weight excluding hydrogens is 200 g/mol. The Balaban J connectivity index is 2.11. The number of piperidine rings is 1. The summed E-state index contributed by atoms with van der Waals surface area (Å²) in [6.45, 7) is 2.23. The quantitative estimate of drug-likeness (QED) is 0.680. The van der Waals surface area contributed by atoms with Gasteiger partial charge in [0.2, 0.25) is 0 Å². The maximum absolute atomic E-state index is 10.5. The maximum Gasteiger partial charge on any atom is 0.0969 e. The molecule has 2 rings (SSSR count). The first-order valence-corrected chi connectivity index (χ1v) is 5.64. The first kappa shape index (κ1) is 9.61. The van der Waals surface area contributed by atoms with E-state index in [2.05, 4.69) is 10.3 Å². The van der Waals surface area contributed by atoms with Gasteiger partial charge in [-0.3, -0.25) is 0 Å². The third-order valence-corrected chi connectivity index (χ3v) is 3.53. The Morgan fingerprint density at radius 1 is 1.57 bits per heavy atom. The van der Waals surface area contributed by atoms with Gasteiger partial charge in [0.15, 0.2) is 0 Å². The Bertz CT molecular complexity index is 331. The molecule has 1 aliphatic heterocycles. The van der Waals surface area contributed by atoms with Gasteiger partial charge in [0.1, 0.15) is 0 Å². The van der Waals surface area contributed by atoms with Crippen molar-refractivity contribution in [2.75, 3.05) is 13.1 Å². The summed E-state index contributed by atoms with van der Waals surface area (Å²) in [5.74, 6) is -0.715. The lowest BCUT2D eigenvalue weighted by Crippen LogP contribution is -2.86. The van der Waals surface area contributed by atoms with Gasteiger partial charge in [-0.15, -0.1) is 11.3 Å². The SMILES string of the molecule is O=C([O-])c1csc(C2CC[NH2+]CC2)n1. The van der Waals surface area contributed by atoms with Crippen molar-refractivity contribution in [2.45, 2.75) is 18.8 Å². The third kappa shape index (κ3) is 1.93. The van der Waals surface area contributed by atoms with Crippen molar-refractivity contribution in [1.82, 2.24) is 4.98 Å². The second-order valence-electron chi connectivity index (χ2n) is 3.50. The number of rotatable bonds is 2. The summed E-state index contributed by atoms with van der Waals surface area (Å²) in [6.07, 6.45) is 2.19. The van der Waals surface area contributed by atoms with E-state index in [9.17, 15) is 9.90 Å². The first-order chi connectivity index (χ1) is 6.77. The summed E-state index contributed by atoms with van der Waals surface area (Å²) >= 11 is 1.44. The number of carboxylic acids is 1. The van der Waals surface area contributed by atoms with Gasteiger partial charge in [0.05, 0.1) is 29.8 Å². The van der Waals surface area contributed by atoms with Crippen molar-refractivity contribution in [2.24, 2.45) is 0 Å². The van der Waals surface area contributed by atoms with E-state index in [4.69, 9.17) is 0 Å². The number of aromatic nitrogens is 1. The topological polar surface area (TPSA) is 69.6 Å². The van der Waals surface area contributed by atoms with Crippen LogP contribution in [0.3, 0.4) is 0 Å². The molecule has 1 aromatic rings. The van der Waals surface area contributed by atoms with Crippen molar-refractivity contribution < 1.29 is 15.2 Å². The third-order valence-electron chi connectivity index (χ3n) is 2.52. The molecule has 1 fully saturated rings. The zero-order valence-electron chi connectivity index (χ0n) is 7.73. The van der Waals surface area contributed by atoms with E-state index >= 15 is 0 Å². The molecule has 14 heavy (non-hydrogen) atoms. The molecule has 2 N–H and O–H groups in total. The van der Waals surface area contributed by atoms with Crippen LogP contribution in [0.15, 0.2) is 5.38 Å². The smallest absolute Gasteiger partial charge is 0.0969 e. The lowest BCUT2D eigenvalue weighted by Gasteiger charge is -2.17. The first-order valence-electron chi connectivity index (χ1n) is 4.76. The average Bonchev–Trinajstić information content (AvgIpc) is 2.68. The number of carbonyl (C=O) groups excluding carboxylic acids is 1. The lowest BCUT2D eigenvalue weighted by molar-refractivity contribution is -0.663. The normalized spacial score (nSPS) is 18.3. The van der Waals surface area contributed by atoms with Gasteiger partial charge >= 0.3 is 0 Å². The number of thiazole rings is 1. The van der Waals surface area contributed by atoms with Crippen LogP contribution in [0.2, 0.25) is 0 Å². The fourth-order valence-electron chi connectivity index (χ4n) is 1.74. The Morgan fingerprint density at radius 3 is 2.86 bits per heavy atom. The zero-order chi connectivity index (χ0) is 9.97. The molecule has 0 unspecified atom stereocenters. The Labute approximate surface area is 86.0 Å². The van der Waals surface area contributed by atoms with Crippen LogP contribution in [0.1, 0.15) is 34.3 Å². The van der Waals surface area contributed by atoms with Gasteiger partial charge in [0, 0.05) is 24.1 Å². The molecule has 1 saturated heterocycles. The van der Waals surface area contributed by atoms with Gasteiger partial charge in [-0.05, 0) is 0 Å². The number of aromatic carboxylic acids is 1. The van der Waals surface area contributed by atoms with Gasteiger partial charge in [-0.25, -0.2) is 4.98 Å². The Morgan fingerprint density at radius 2 is 2.29 bits per heavy atom. The monoisotopic (exact) mass is 212 g/mol. The van der Waals surface area contributed by atoms with E-state index in [0.29, 0.717) is 5.92 Å². The predicted molar refractivity (Wildman–Crippen MR) is 50.1 cm³/mol. The average molecular weight is 212 g/mol. The van der Waals surface area contributed by atoms with Gasteiger partial charge in [-0.1, -0.05) is 0 Å². The molecule has 0 spiro atoms. The van der Waals surface area contributed by atoms with Crippen molar-refractivity contribution >= 4 is 17.3 Å². The number of carbonyl (C=O) groups is 1. The summed E-state index contributed by atoms with van der Waals surface area (Å²) in [5, 5.41) is 15.3. The second-order valence-corrected chi connectivity index (χ2v) is 4.39. The predicted octanol–water partition coefficient (Wildman–Crippen LogP) is -1.05. The minimum absolute atomic E-state index is 0.0829. The number of nitrogens with zero attached hydrogens (tertiary/aromatic N) is 1. The highest BCUT2D eigenvalue weighted by Crippen LogP contribution is 2.26. The highest BCUT2D eigenvalue weighted by Gasteiger charge is 2.20. The minimum atomic E-state index is -1.17. The zero-order valence-corrected chi connectivity index (χ0v) is 8.55. The fraction of sp³-hybridized carbons (Fsp3) is 0.556. The molecule has 1 aromatic heterocycles. The number of quaternary nitrogens is 1. The molecule has 4 nitrogen and oxygen atoms in total. The van der Waals surface area contributed by atoms with Crippen LogP contribution in [-0.2, 0) is 0 Å². The lowest BCUT2D eigenvalue weighted by atomic mass is 9.99. The van der Waals surface area contributed by atoms with E-state index in [0.717, 1.165) is 30.9 Å². The molecule has 0 saturated carbocycles. The molecule has 2 heterocycles. The standard InChI is InChI=1S/C9H12N2O2S/c12-9(13)7-5-14-8(11-7)6-1-3-10-4-2-6/h5-6,10H,1-4H2,(H,12,13). The summed E-state index contributed by atoms with van der Waals surface area (Å²) in [6, 6.07) is 0. The van der Waals surface area contributed by atoms with E-state index in [-0.39, 0.29) is 5.69 Å². The number of nitrogens with two attached hydrogens (primary N) is 1. The largest absolute Gasteiger partial charge is 0.543 e. The van der Waals surface area contributed by atoms with Crippen LogP contribution in [0, 0.1) is 0 Å².